The normalized spacial score (nSPS) is 32.8. The Morgan fingerprint density at radius 1 is 1.19 bits per heavy atom. The highest BCUT2D eigenvalue weighted by Crippen LogP contribution is 2.41. The maximum absolute atomic E-state index is 12.9. The first kappa shape index (κ1) is 16.6. The van der Waals surface area contributed by atoms with Gasteiger partial charge in [0.05, 0.1) is 5.92 Å². The van der Waals surface area contributed by atoms with Crippen LogP contribution in [0.15, 0.2) is 0 Å². The van der Waals surface area contributed by atoms with Gasteiger partial charge in [-0.2, -0.15) is 13.2 Å². The van der Waals surface area contributed by atoms with E-state index < -0.39 is 18.0 Å². The lowest BCUT2D eigenvalue weighted by molar-refractivity contribution is -0.187. The van der Waals surface area contributed by atoms with Crippen molar-refractivity contribution in [3.63, 3.8) is 0 Å². The summed E-state index contributed by atoms with van der Waals surface area (Å²) in [6, 6.07) is -0.145. The summed E-state index contributed by atoms with van der Waals surface area (Å²) in [7, 11) is 0. The molecule has 0 bridgehead atoms. The Bertz CT molecular complexity index is 370. The molecule has 0 aromatic heterocycles. The van der Waals surface area contributed by atoms with Gasteiger partial charge in [0.1, 0.15) is 0 Å². The fourth-order valence-electron chi connectivity index (χ4n) is 3.72. The molecule has 1 saturated heterocycles. The van der Waals surface area contributed by atoms with Gasteiger partial charge in [-0.3, -0.25) is 4.79 Å². The second kappa shape index (κ2) is 6.55. The Hall–Kier alpha value is -0.780. The van der Waals surface area contributed by atoms with Crippen molar-refractivity contribution in [2.75, 3.05) is 6.54 Å². The molecule has 0 radical (unpaired) electrons. The predicted molar refractivity (Wildman–Crippen MR) is 74.5 cm³/mol. The fourth-order valence-corrected chi connectivity index (χ4v) is 3.72. The maximum atomic E-state index is 12.9. The van der Waals surface area contributed by atoms with Gasteiger partial charge in [0.25, 0.3) is 0 Å². The van der Waals surface area contributed by atoms with Gasteiger partial charge in [-0.25, -0.2) is 0 Å². The number of nitrogens with two attached hydrogens (primary N) is 1. The van der Waals surface area contributed by atoms with Gasteiger partial charge < -0.3 is 10.6 Å². The summed E-state index contributed by atoms with van der Waals surface area (Å²) in [4.78, 5) is 14.4. The monoisotopic (exact) mass is 306 g/mol. The van der Waals surface area contributed by atoms with Crippen LogP contribution in [0.4, 0.5) is 13.2 Å². The van der Waals surface area contributed by atoms with Crippen molar-refractivity contribution in [2.45, 2.75) is 70.1 Å². The standard InChI is InChI=1S/C15H25F3N2O/c1-10(19)13-7-2-3-8-20(13)14(21)11-5-4-6-12(9-11)15(16,17)18/h10-13H,2-9,19H2,1H3. The minimum absolute atomic E-state index is 0.0162. The van der Waals surface area contributed by atoms with Crippen molar-refractivity contribution in [1.82, 2.24) is 4.90 Å². The van der Waals surface area contributed by atoms with Crippen molar-refractivity contribution in [3.05, 3.63) is 0 Å². The Morgan fingerprint density at radius 2 is 1.90 bits per heavy atom. The topological polar surface area (TPSA) is 46.3 Å². The summed E-state index contributed by atoms with van der Waals surface area (Å²) in [6.07, 6.45) is -0.199. The van der Waals surface area contributed by atoms with Crippen LogP contribution in [0.2, 0.25) is 0 Å². The highest BCUT2D eigenvalue weighted by molar-refractivity contribution is 5.79. The molecule has 2 fully saturated rings. The highest BCUT2D eigenvalue weighted by atomic mass is 19.4. The zero-order chi connectivity index (χ0) is 15.6. The minimum atomic E-state index is -4.18. The van der Waals surface area contributed by atoms with Gasteiger partial charge >= 0.3 is 6.18 Å². The molecule has 4 atom stereocenters. The van der Waals surface area contributed by atoms with Crippen molar-refractivity contribution in [2.24, 2.45) is 17.6 Å². The molecule has 4 unspecified atom stereocenters. The molecule has 21 heavy (non-hydrogen) atoms. The molecule has 1 aliphatic heterocycles. The summed E-state index contributed by atoms with van der Waals surface area (Å²) in [5.41, 5.74) is 5.95. The number of likely N-dealkylation sites (tertiary alicyclic amines) is 1. The van der Waals surface area contributed by atoms with E-state index in [0.717, 1.165) is 19.3 Å². The largest absolute Gasteiger partial charge is 0.391 e. The van der Waals surface area contributed by atoms with Crippen LogP contribution in [0, 0.1) is 11.8 Å². The van der Waals surface area contributed by atoms with Crippen molar-refractivity contribution < 1.29 is 18.0 Å². The molecule has 0 aromatic carbocycles. The lowest BCUT2D eigenvalue weighted by Gasteiger charge is -2.41. The Balaban J connectivity index is 2.04. The number of carbonyl (C=O) groups is 1. The van der Waals surface area contributed by atoms with Gasteiger partial charge in [-0.05, 0) is 45.4 Å². The average Bonchev–Trinajstić information content (AvgIpc) is 2.45. The van der Waals surface area contributed by atoms with E-state index >= 15 is 0 Å². The molecule has 122 valence electrons. The molecule has 0 aromatic rings. The number of amides is 1. The molecule has 3 nitrogen and oxygen atoms in total. The quantitative estimate of drug-likeness (QED) is 0.852. The van der Waals surface area contributed by atoms with Crippen molar-refractivity contribution in [3.8, 4) is 0 Å². The molecule has 2 rings (SSSR count). The maximum Gasteiger partial charge on any atom is 0.391 e. The number of nitrogens with zero attached hydrogens (tertiary/aromatic N) is 1. The Kier molecular flexibility index (Phi) is 5.17. The number of hydrogen-bond donors (Lipinski definition) is 1. The molecular weight excluding hydrogens is 281 g/mol. The van der Waals surface area contributed by atoms with Crippen LogP contribution in [0.25, 0.3) is 0 Å². The summed E-state index contributed by atoms with van der Waals surface area (Å²) in [6.45, 7) is 2.51. The van der Waals surface area contributed by atoms with Crippen LogP contribution in [0.5, 0.6) is 0 Å². The zero-order valence-electron chi connectivity index (χ0n) is 12.5. The molecule has 1 heterocycles. The van der Waals surface area contributed by atoms with E-state index in [0.29, 0.717) is 19.4 Å². The second-order valence-corrected chi connectivity index (χ2v) is 6.56. The van der Waals surface area contributed by atoms with Crippen molar-refractivity contribution in [1.29, 1.82) is 0 Å². The molecule has 0 spiro atoms. The SMILES string of the molecule is CC(N)C1CCCCN1C(=O)C1CCCC(C(F)(F)F)C1. The summed E-state index contributed by atoms with van der Waals surface area (Å²) in [5, 5.41) is 0. The number of carbonyl (C=O) groups excluding carboxylic acids is 1. The molecule has 1 amide bonds. The van der Waals surface area contributed by atoms with Crippen LogP contribution >= 0.6 is 0 Å². The fraction of sp³-hybridized carbons (Fsp3) is 0.933. The molecular formula is C15H25F3N2O. The van der Waals surface area contributed by atoms with E-state index in [1.807, 2.05) is 6.92 Å². The zero-order valence-corrected chi connectivity index (χ0v) is 12.5. The van der Waals surface area contributed by atoms with E-state index in [-0.39, 0.29) is 30.8 Å². The Morgan fingerprint density at radius 3 is 2.52 bits per heavy atom. The van der Waals surface area contributed by atoms with Gasteiger partial charge in [-0.1, -0.05) is 6.42 Å². The third-order valence-corrected chi connectivity index (χ3v) is 4.93. The van der Waals surface area contributed by atoms with Gasteiger partial charge in [-0.15, -0.1) is 0 Å². The van der Waals surface area contributed by atoms with Gasteiger partial charge in [0.2, 0.25) is 5.91 Å². The van der Waals surface area contributed by atoms with Crippen LogP contribution in [-0.2, 0) is 4.79 Å². The summed E-state index contributed by atoms with van der Waals surface area (Å²) < 4.78 is 38.6. The number of piperidine rings is 1. The first-order valence-corrected chi connectivity index (χ1v) is 7.93. The number of hydrogen-bond acceptors (Lipinski definition) is 2. The average molecular weight is 306 g/mol. The smallest absolute Gasteiger partial charge is 0.338 e. The summed E-state index contributed by atoms with van der Waals surface area (Å²) >= 11 is 0. The number of rotatable bonds is 2. The number of halogens is 3. The second-order valence-electron chi connectivity index (χ2n) is 6.56. The highest BCUT2D eigenvalue weighted by Gasteiger charge is 2.45. The van der Waals surface area contributed by atoms with Crippen LogP contribution in [0.1, 0.15) is 51.9 Å². The van der Waals surface area contributed by atoms with E-state index in [1.54, 1.807) is 4.90 Å². The minimum Gasteiger partial charge on any atom is -0.338 e. The van der Waals surface area contributed by atoms with E-state index in [2.05, 4.69) is 0 Å². The summed E-state index contributed by atoms with van der Waals surface area (Å²) in [5.74, 6) is -1.91. The van der Waals surface area contributed by atoms with Crippen molar-refractivity contribution >= 4 is 5.91 Å². The van der Waals surface area contributed by atoms with Crippen LogP contribution in [-0.4, -0.2) is 35.6 Å². The molecule has 1 saturated carbocycles. The van der Waals surface area contributed by atoms with Crippen LogP contribution in [0.3, 0.4) is 0 Å². The third kappa shape index (κ3) is 3.90. The molecule has 2 aliphatic rings. The van der Waals surface area contributed by atoms with E-state index in [4.69, 9.17) is 5.73 Å². The van der Waals surface area contributed by atoms with Gasteiger partial charge in [0, 0.05) is 24.5 Å². The van der Waals surface area contributed by atoms with Crippen LogP contribution < -0.4 is 5.73 Å². The third-order valence-electron chi connectivity index (χ3n) is 4.93. The molecule has 6 heteroatoms. The lowest BCUT2D eigenvalue weighted by atomic mass is 9.79. The first-order chi connectivity index (χ1) is 9.80. The Labute approximate surface area is 124 Å². The molecule has 2 N–H and O–H groups in total. The van der Waals surface area contributed by atoms with E-state index in [9.17, 15) is 18.0 Å². The first-order valence-electron chi connectivity index (χ1n) is 7.93. The predicted octanol–water partition coefficient (Wildman–Crippen LogP) is 3.08. The molecule has 1 aliphatic carbocycles. The lowest BCUT2D eigenvalue weighted by Crippen LogP contribution is -2.54. The van der Waals surface area contributed by atoms with E-state index in [1.165, 1.54) is 0 Å². The number of alkyl halides is 3. The van der Waals surface area contributed by atoms with Gasteiger partial charge in [0.15, 0.2) is 0 Å².